The number of urea groups is 1. The molecule has 170 valence electrons. The third kappa shape index (κ3) is 5.55. The van der Waals surface area contributed by atoms with E-state index < -0.39 is 12.0 Å². The zero-order chi connectivity index (χ0) is 23.3. The van der Waals surface area contributed by atoms with Crippen molar-refractivity contribution < 1.29 is 24.2 Å². The molecule has 1 atom stereocenters. The fourth-order valence-corrected chi connectivity index (χ4v) is 3.93. The molecule has 9 nitrogen and oxygen atoms in total. The number of ether oxygens (including phenoxy) is 1. The number of methoxy groups -OCH3 is 1. The number of para-hydroxylation sites is 1. The number of carbonyl (C=O) groups is 3. The van der Waals surface area contributed by atoms with Gasteiger partial charge in [-0.2, -0.15) is 0 Å². The summed E-state index contributed by atoms with van der Waals surface area (Å²) in [7, 11) is 1.49. The summed E-state index contributed by atoms with van der Waals surface area (Å²) in [5, 5.41) is 14.6. The Morgan fingerprint density at radius 2 is 1.88 bits per heavy atom. The van der Waals surface area contributed by atoms with E-state index in [1.54, 1.807) is 23.1 Å². The van der Waals surface area contributed by atoms with E-state index >= 15 is 0 Å². The zero-order valence-corrected chi connectivity index (χ0v) is 18.4. The Balaban J connectivity index is 1.75. The number of carboxylic acids is 1. The van der Waals surface area contributed by atoms with Gasteiger partial charge in [-0.05, 0) is 37.1 Å². The predicted octanol–water partition coefficient (Wildman–Crippen LogP) is 3.16. The molecule has 9 heteroatoms. The number of aryl methyl sites for hydroxylation is 1. The number of amides is 3. The van der Waals surface area contributed by atoms with Crippen LogP contribution >= 0.6 is 0 Å². The number of aliphatic carboxylic acids is 1. The average molecular weight is 441 g/mol. The number of anilines is 3. The SMILES string of the molecule is COc1cc(N(C(C)=O)C2CCN(CC(=O)O)C2)ccc1NC(=O)Nc1ccccc1C. The molecule has 0 spiro atoms. The molecule has 0 saturated carbocycles. The first-order valence-corrected chi connectivity index (χ1v) is 10.3. The van der Waals surface area contributed by atoms with Gasteiger partial charge in [-0.15, -0.1) is 0 Å². The number of hydrogen-bond acceptors (Lipinski definition) is 5. The van der Waals surface area contributed by atoms with Crippen LogP contribution in [0, 0.1) is 6.92 Å². The first-order valence-electron chi connectivity index (χ1n) is 10.3. The van der Waals surface area contributed by atoms with Crippen LogP contribution in [0.4, 0.5) is 21.9 Å². The first-order chi connectivity index (χ1) is 15.3. The maximum absolute atomic E-state index is 12.5. The van der Waals surface area contributed by atoms with Crippen molar-refractivity contribution in [1.29, 1.82) is 0 Å². The zero-order valence-electron chi connectivity index (χ0n) is 18.4. The van der Waals surface area contributed by atoms with E-state index in [2.05, 4.69) is 10.6 Å². The Morgan fingerprint density at radius 3 is 2.53 bits per heavy atom. The molecular weight excluding hydrogens is 412 g/mol. The van der Waals surface area contributed by atoms with Gasteiger partial charge in [0, 0.05) is 37.5 Å². The van der Waals surface area contributed by atoms with Gasteiger partial charge < -0.3 is 25.4 Å². The molecule has 0 aliphatic carbocycles. The summed E-state index contributed by atoms with van der Waals surface area (Å²) in [4.78, 5) is 39.4. The second kappa shape index (κ2) is 10.1. The highest BCUT2D eigenvalue weighted by molar-refractivity contribution is 6.01. The fourth-order valence-electron chi connectivity index (χ4n) is 3.93. The summed E-state index contributed by atoms with van der Waals surface area (Å²) < 4.78 is 5.46. The van der Waals surface area contributed by atoms with Gasteiger partial charge in [-0.25, -0.2) is 4.79 Å². The van der Waals surface area contributed by atoms with Gasteiger partial charge >= 0.3 is 12.0 Å². The summed E-state index contributed by atoms with van der Waals surface area (Å²) in [6.45, 7) is 4.42. The number of carbonyl (C=O) groups excluding carboxylic acids is 2. The Kier molecular flexibility index (Phi) is 7.32. The summed E-state index contributed by atoms with van der Waals surface area (Å²) in [6, 6.07) is 12.0. The van der Waals surface area contributed by atoms with Crippen LogP contribution in [-0.4, -0.2) is 60.7 Å². The molecule has 0 aromatic heterocycles. The highest BCUT2D eigenvalue weighted by atomic mass is 16.5. The minimum absolute atomic E-state index is 0.0512. The van der Waals surface area contributed by atoms with Crippen LogP contribution in [0.1, 0.15) is 18.9 Å². The molecule has 1 aliphatic rings. The lowest BCUT2D eigenvalue weighted by atomic mass is 10.1. The van der Waals surface area contributed by atoms with Crippen LogP contribution in [0.3, 0.4) is 0 Å². The number of hydrogen-bond donors (Lipinski definition) is 3. The molecule has 2 aromatic rings. The van der Waals surface area contributed by atoms with Crippen molar-refractivity contribution in [1.82, 2.24) is 4.90 Å². The quantitative estimate of drug-likeness (QED) is 0.610. The topological polar surface area (TPSA) is 111 Å². The number of benzene rings is 2. The van der Waals surface area contributed by atoms with Crippen LogP contribution in [-0.2, 0) is 9.59 Å². The van der Waals surface area contributed by atoms with E-state index in [0.29, 0.717) is 42.3 Å². The number of nitrogens with zero attached hydrogens (tertiary/aromatic N) is 2. The minimum Gasteiger partial charge on any atom is -0.494 e. The van der Waals surface area contributed by atoms with Gasteiger partial charge in [0.25, 0.3) is 0 Å². The van der Waals surface area contributed by atoms with Crippen molar-refractivity contribution in [2.24, 2.45) is 0 Å². The molecule has 1 aliphatic heterocycles. The Hall–Kier alpha value is -3.59. The Labute approximate surface area is 187 Å². The van der Waals surface area contributed by atoms with E-state index in [1.807, 2.05) is 36.1 Å². The molecule has 2 aromatic carbocycles. The minimum atomic E-state index is -0.888. The van der Waals surface area contributed by atoms with Gasteiger partial charge in [0.15, 0.2) is 0 Å². The highest BCUT2D eigenvalue weighted by Gasteiger charge is 2.31. The number of nitrogens with one attached hydrogen (secondary N) is 2. The summed E-state index contributed by atoms with van der Waals surface area (Å²) >= 11 is 0. The summed E-state index contributed by atoms with van der Waals surface area (Å²) in [5.74, 6) is -0.623. The second-order valence-electron chi connectivity index (χ2n) is 7.74. The molecule has 1 unspecified atom stereocenters. The van der Waals surface area contributed by atoms with E-state index in [4.69, 9.17) is 9.84 Å². The third-order valence-electron chi connectivity index (χ3n) is 5.42. The molecule has 3 rings (SSSR count). The Morgan fingerprint density at radius 1 is 1.16 bits per heavy atom. The lowest BCUT2D eigenvalue weighted by Crippen LogP contribution is -2.41. The van der Waals surface area contributed by atoms with E-state index in [9.17, 15) is 14.4 Å². The summed E-state index contributed by atoms with van der Waals surface area (Å²) in [5.41, 5.74) is 2.73. The smallest absolute Gasteiger partial charge is 0.323 e. The molecule has 3 amide bonds. The van der Waals surface area contributed by atoms with E-state index in [-0.39, 0.29) is 18.5 Å². The van der Waals surface area contributed by atoms with Crippen molar-refractivity contribution in [3.63, 3.8) is 0 Å². The molecule has 3 N–H and O–H groups in total. The highest BCUT2D eigenvalue weighted by Crippen LogP contribution is 2.32. The van der Waals surface area contributed by atoms with Gasteiger partial charge in [-0.3, -0.25) is 14.5 Å². The molecular formula is C23H28N4O5. The van der Waals surface area contributed by atoms with Crippen LogP contribution in [0.5, 0.6) is 5.75 Å². The molecule has 1 heterocycles. The van der Waals surface area contributed by atoms with Crippen LogP contribution in [0.25, 0.3) is 0 Å². The molecule has 1 saturated heterocycles. The standard InChI is InChI=1S/C23H28N4O5/c1-15-6-4-5-7-19(15)24-23(31)25-20-9-8-17(12-21(20)32-3)27(16(2)28)18-10-11-26(13-18)14-22(29)30/h4-9,12,18H,10-11,13-14H2,1-3H3,(H,29,30)(H2,24,25,31). The van der Waals surface area contributed by atoms with Crippen molar-refractivity contribution in [2.75, 3.05) is 42.3 Å². The molecule has 32 heavy (non-hydrogen) atoms. The fraction of sp³-hybridized carbons (Fsp3) is 0.348. The van der Waals surface area contributed by atoms with E-state index in [0.717, 1.165) is 5.56 Å². The lowest BCUT2D eigenvalue weighted by molar-refractivity contribution is -0.138. The van der Waals surface area contributed by atoms with Crippen molar-refractivity contribution in [3.05, 3.63) is 48.0 Å². The Bertz CT molecular complexity index is 1010. The first kappa shape index (κ1) is 23.1. The van der Waals surface area contributed by atoms with Crippen LogP contribution < -0.4 is 20.3 Å². The molecule has 0 bridgehead atoms. The third-order valence-corrected chi connectivity index (χ3v) is 5.42. The molecule has 1 fully saturated rings. The normalized spacial score (nSPS) is 15.8. The number of rotatable bonds is 7. The van der Waals surface area contributed by atoms with Crippen molar-refractivity contribution in [2.45, 2.75) is 26.3 Å². The lowest BCUT2D eigenvalue weighted by Gasteiger charge is -2.29. The van der Waals surface area contributed by atoms with Gasteiger partial charge in [0.05, 0.1) is 25.4 Å². The van der Waals surface area contributed by atoms with Gasteiger partial charge in [0.2, 0.25) is 5.91 Å². The maximum Gasteiger partial charge on any atom is 0.323 e. The predicted molar refractivity (Wildman–Crippen MR) is 122 cm³/mol. The van der Waals surface area contributed by atoms with Gasteiger partial charge in [-0.1, -0.05) is 18.2 Å². The summed E-state index contributed by atoms with van der Waals surface area (Å²) in [6.07, 6.45) is 0.675. The average Bonchev–Trinajstić information content (AvgIpc) is 3.17. The number of carboxylic acid groups (broad SMARTS) is 1. The number of likely N-dealkylation sites (tertiary alicyclic amines) is 1. The van der Waals surface area contributed by atoms with E-state index in [1.165, 1.54) is 14.0 Å². The monoisotopic (exact) mass is 440 g/mol. The van der Waals surface area contributed by atoms with Crippen molar-refractivity contribution >= 4 is 35.0 Å². The maximum atomic E-state index is 12.5. The molecule has 0 radical (unpaired) electrons. The largest absolute Gasteiger partial charge is 0.494 e. The second-order valence-corrected chi connectivity index (χ2v) is 7.74. The van der Waals surface area contributed by atoms with Crippen LogP contribution in [0.2, 0.25) is 0 Å². The van der Waals surface area contributed by atoms with Crippen molar-refractivity contribution in [3.8, 4) is 5.75 Å². The van der Waals surface area contributed by atoms with Crippen LogP contribution in [0.15, 0.2) is 42.5 Å². The van der Waals surface area contributed by atoms with Gasteiger partial charge in [0.1, 0.15) is 5.75 Å².